The highest BCUT2D eigenvalue weighted by Gasteiger charge is 2.08. The Hall–Kier alpha value is -3.83. The number of carbonyl (C=O) groups is 1. The molecule has 0 spiro atoms. The molecule has 4 aromatic carbocycles. The molecule has 0 saturated carbocycles. The third-order valence-electron chi connectivity index (χ3n) is 5.13. The molecular weight excluding hydrogens is 436 g/mol. The van der Waals surface area contributed by atoms with Gasteiger partial charge in [-0.25, -0.2) is 5.43 Å². The van der Waals surface area contributed by atoms with Crippen molar-refractivity contribution in [3.05, 3.63) is 107 Å². The summed E-state index contributed by atoms with van der Waals surface area (Å²) < 4.78 is 11.5. The summed E-state index contributed by atoms with van der Waals surface area (Å²) in [5, 5.41) is 7.02. The second-order valence-corrected chi connectivity index (χ2v) is 7.87. The van der Waals surface area contributed by atoms with Crippen LogP contribution in [0.15, 0.2) is 90.0 Å². The zero-order valence-corrected chi connectivity index (χ0v) is 18.9. The summed E-state index contributed by atoms with van der Waals surface area (Å²) in [5.74, 6) is 1.01. The molecule has 1 N–H and O–H groups in total. The standard InChI is InChI=1S/C27H23ClN2O3/c1-32-26-15-20(17-29-30-27(31)16-19-9-12-23(28)13-10-19)11-14-25(26)33-18-22-7-4-6-21-5-2-3-8-24(21)22/h2-15,17H,16,18H2,1H3,(H,30,31)/b29-17-. The third-order valence-corrected chi connectivity index (χ3v) is 5.38. The van der Waals surface area contributed by atoms with Crippen molar-refractivity contribution in [3.63, 3.8) is 0 Å². The van der Waals surface area contributed by atoms with Gasteiger partial charge in [-0.05, 0) is 57.8 Å². The van der Waals surface area contributed by atoms with Crippen LogP contribution in [0.3, 0.4) is 0 Å². The van der Waals surface area contributed by atoms with Crippen molar-refractivity contribution in [3.8, 4) is 11.5 Å². The molecule has 1 amide bonds. The van der Waals surface area contributed by atoms with Gasteiger partial charge in [0.15, 0.2) is 11.5 Å². The first-order valence-electron chi connectivity index (χ1n) is 10.5. The molecule has 0 aliphatic heterocycles. The van der Waals surface area contributed by atoms with Crippen LogP contribution in [0.25, 0.3) is 10.8 Å². The number of nitrogens with zero attached hydrogens (tertiary/aromatic N) is 1. The van der Waals surface area contributed by atoms with Gasteiger partial charge in [0, 0.05) is 5.02 Å². The Kier molecular flexibility index (Phi) is 7.22. The maximum absolute atomic E-state index is 12.1. The maximum Gasteiger partial charge on any atom is 0.244 e. The molecule has 6 heteroatoms. The molecule has 33 heavy (non-hydrogen) atoms. The van der Waals surface area contributed by atoms with Gasteiger partial charge in [-0.3, -0.25) is 4.79 Å². The Morgan fingerprint density at radius 3 is 2.58 bits per heavy atom. The number of rotatable bonds is 8. The zero-order valence-electron chi connectivity index (χ0n) is 18.1. The van der Waals surface area contributed by atoms with E-state index in [0.29, 0.717) is 23.1 Å². The van der Waals surface area contributed by atoms with E-state index in [9.17, 15) is 4.79 Å². The van der Waals surface area contributed by atoms with E-state index in [1.165, 1.54) is 5.39 Å². The molecule has 0 radical (unpaired) electrons. The average Bonchev–Trinajstić information content (AvgIpc) is 2.84. The summed E-state index contributed by atoms with van der Waals surface area (Å²) in [6.45, 7) is 0.423. The minimum atomic E-state index is -0.212. The molecule has 5 nitrogen and oxygen atoms in total. The topological polar surface area (TPSA) is 59.9 Å². The second kappa shape index (κ2) is 10.7. The number of nitrogens with one attached hydrogen (secondary N) is 1. The molecule has 0 bridgehead atoms. The van der Waals surface area contributed by atoms with Crippen LogP contribution in [0.4, 0.5) is 0 Å². The number of ether oxygens (including phenoxy) is 2. The van der Waals surface area contributed by atoms with Crippen molar-refractivity contribution >= 4 is 34.5 Å². The van der Waals surface area contributed by atoms with Crippen molar-refractivity contribution < 1.29 is 14.3 Å². The fraction of sp³-hybridized carbons (Fsp3) is 0.111. The zero-order chi connectivity index (χ0) is 23.0. The van der Waals surface area contributed by atoms with Crippen LogP contribution in [0.5, 0.6) is 11.5 Å². The summed E-state index contributed by atoms with van der Waals surface area (Å²) in [5.41, 5.74) is 5.27. The van der Waals surface area contributed by atoms with Crippen LogP contribution in [0, 0.1) is 0 Å². The average molecular weight is 459 g/mol. The molecular formula is C27H23ClN2O3. The minimum absolute atomic E-state index is 0.212. The van der Waals surface area contributed by atoms with Crippen LogP contribution < -0.4 is 14.9 Å². The van der Waals surface area contributed by atoms with E-state index in [1.807, 2.05) is 48.5 Å². The van der Waals surface area contributed by atoms with Crippen LogP contribution in [-0.2, 0) is 17.8 Å². The monoisotopic (exact) mass is 458 g/mol. The summed E-state index contributed by atoms with van der Waals surface area (Å²) in [6.07, 6.45) is 1.79. The number of hydrogen-bond acceptors (Lipinski definition) is 4. The fourth-order valence-electron chi connectivity index (χ4n) is 3.46. The van der Waals surface area contributed by atoms with E-state index < -0.39 is 0 Å². The Bertz CT molecular complexity index is 1280. The number of fused-ring (bicyclic) bond motifs is 1. The van der Waals surface area contributed by atoms with Gasteiger partial charge in [-0.15, -0.1) is 0 Å². The van der Waals surface area contributed by atoms with E-state index >= 15 is 0 Å². The van der Waals surface area contributed by atoms with Gasteiger partial charge in [0.05, 0.1) is 19.7 Å². The van der Waals surface area contributed by atoms with E-state index in [0.717, 1.165) is 22.1 Å². The van der Waals surface area contributed by atoms with Gasteiger partial charge in [-0.2, -0.15) is 5.10 Å². The molecule has 4 rings (SSSR count). The van der Waals surface area contributed by atoms with Gasteiger partial charge < -0.3 is 9.47 Å². The molecule has 0 heterocycles. The predicted octanol–water partition coefficient (Wildman–Crippen LogP) is 5.77. The number of amides is 1. The lowest BCUT2D eigenvalue weighted by molar-refractivity contribution is -0.120. The van der Waals surface area contributed by atoms with Crippen molar-refractivity contribution in [2.45, 2.75) is 13.0 Å². The van der Waals surface area contributed by atoms with Gasteiger partial charge >= 0.3 is 0 Å². The van der Waals surface area contributed by atoms with Gasteiger partial charge in [-0.1, -0.05) is 66.2 Å². The highest BCUT2D eigenvalue weighted by atomic mass is 35.5. The normalized spacial score (nSPS) is 11.0. The maximum atomic E-state index is 12.1. The minimum Gasteiger partial charge on any atom is -0.493 e. The molecule has 4 aromatic rings. The number of hydrogen-bond donors (Lipinski definition) is 1. The number of methoxy groups -OCH3 is 1. The van der Waals surface area contributed by atoms with E-state index in [1.54, 1.807) is 25.5 Å². The molecule has 0 saturated heterocycles. The first-order valence-corrected chi connectivity index (χ1v) is 10.8. The Labute approximate surface area is 197 Å². The van der Waals surface area contributed by atoms with Crippen molar-refractivity contribution in [2.75, 3.05) is 7.11 Å². The van der Waals surface area contributed by atoms with Gasteiger partial charge in [0.1, 0.15) is 6.61 Å². The largest absolute Gasteiger partial charge is 0.493 e. The summed E-state index contributed by atoms with van der Waals surface area (Å²) >= 11 is 5.87. The van der Waals surface area contributed by atoms with Crippen molar-refractivity contribution in [1.29, 1.82) is 0 Å². The van der Waals surface area contributed by atoms with Crippen LogP contribution >= 0.6 is 11.6 Å². The predicted molar refractivity (Wildman–Crippen MR) is 132 cm³/mol. The Morgan fingerprint density at radius 1 is 0.970 bits per heavy atom. The van der Waals surface area contributed by atoms with Crippen LogP contribution in [0.2, 0.25) is 5.02 Å². The van der Waals surface area contributed by atoms with E-state index in [2.05, 4.69) is 34.8 Å². The van der Waals surface area contributed by atoms with Gasteiger partial charge in [0.25, 0.3) is 0 Å². The van der Waals surface area contributed by atoms with E-state index in [-0.39, 0.29) is 12.3 Å². The molecule has 0 aliphatic carbocycles. The number of carbonyl (C=O) groups excluding carboxylic acids is 1. The van der Waals surface area contributed by atoms with Crippen LogP contribution in [-0.4, -0.2) is 19.2 Å². The SMILES string of the molecule is COc1cc(/C=N\NC(=O)Cc2ccc(Cl)cc2)ccc1OCc1cccc2ccccc12. The molecule has 0 fully saturated rings. The van der Waals surface area contributed by atoms with E-state index in [4.69, 9.17) is 21.1 Å². The smallest absolute Gasteiger partial charge is 0.244 e. The highest BCUT2D eigenvalue weighted by Crippen LogP contribution is 2.29. The van der Waals surface area contributed by atoms with Crippen molar-refractivity contribution in [2.24, 2.45) is 5.10 Å². The van der Waals surface area contributed by atoms with Gasteiger partial charge in [0.2, 0.25) is 5.91 Å². The number of halogens is 1. The first-order chi connectivity index (χ1) is 16.1. The lowest BCUT2D eigenvalue weighted by Crippen LogP contribution is -2.19. The molecule has 166 valence electrons. The Morgan fingerprint density at radius 2 is 1.76 bits per heavy atom. The lowest BCUT2D eigenvalue weighted by atomic mass is 10.1. The van der Waals surface area contributed by atoms with Crippen molar-refractivity contribution in [1.82, 2.24) is 5.43 Å². The molecule has 0 aromatic heterocycles. The summed E-state index contributed by atoms with van der Waals surface area (Å²) in [7, 11) is 1.59. The molecule has 0 unspecified atom stereocenters. The Balaban J connectivity index is 1.38. The van der Waals surface area contributed by atoms with Crippen LogP contribution in [0.1, 0.15) is 16.7 Å². The second-order valence-electron chi connectivity index (χ2n) is 7.43. The molecule has 0 atom stereocenters. The number of benzene rings is 4. The highest BCUT2D eigenvalue weighted by molar-refractivity contribution is 6.30. The lowest BCUT2D eigenvalue weighted by Gasteiger charge is -2.12. The summed E-state index contributed by atoms with van der Waals surface area (Å²) in [4.78, 5) is 12.1. The third kappa shape index (κ3) is 5.90. The fourth-order valence-corrected chi connectivity index (χ4v) is 3.59. The quantitative estimate of drug-likeness (QED) is 0.269. The molecule has 0 aliphatic rings. The first kappa shape index (κ1) is 22.4. The number of hydrazone groups is 1. The summed E-state index contributed by atoms with van der Waals surface area (Å²) in [6, 6.07) is 27.0.